The fourth-order valence-electron chi connectivity index (χ4n) is 13.2. The number of hydrogen-bond donors (Lipinski definition) is 4. The molecule has 0 saturated heterocycles. The largest absolute Gasteiger partial charge is 0.494 e. The summed E-state index contributed by atoms with van der Waals surface area (Å²) in [6.45, 7) is 17.6. The lowest BCUT2D eigenvalue weighted by Crippen LogP contribution is -2.12. The number of aromatic carboxylic acids is 3. The van der Waals surface area contributed by atoms with Crippen molar-refractivity contribution in [2.75, 3.05) is 26.4 Å². The second-order valence-corrected chi connectivity index (χ2v) is 31.6. The molecule has 0 aliphatic carbocycles. The molecule has 2 heterocycles. The summed E-state index contributed by atoms with van der Waals surface area (Å²) in [6, 6.07) is 72.9. The Morgan fingerprint density at radius 1 is 0.322 bits per heavy atom. The van der Waals surface area contributed by atoms with Crippen molar-refractivity contribution in [3.8, 4) is 66.7 Å². The van der Waals surface area contributed by atoms with Gasteiger partial charge >= 0.3 is 23.9 Å². The van der Waals surface area contributed by atoms with Gasteiger partial charge < -0.3 is 34.6 Å². The van der Waals surface area contributed by atoms with Crippen LogP contribution in [0.2, 0.25) is 0 Å². The number of pyridine rings is 1. The number of carbonyl (C=O) groups excluding carboxylic acids is 2. The number of aromatic nitrogens is 2. The summed E-state index contributed by atoms with van der Waals surface area (Å²) in [5.74, 6) is -3.42. The number of ether oxygens (including phenoxy) is 3. The number of ketones is 2. The van der Waals surface area contributed by atoms with E-state index in [0.29, 0.717) is 36.6 Å². The first-order valence-electron chi connectivity index (χ1n) is 43.4. The zero-order valence-electron chi connectivity index (χ0n) is 72.0. The summed E-state index contributed by atoms with van der Waals surface area (Å²) in [6.07, 6.45) is 33.5. The molecule has 9 aromatic carbocycles. The Morgan fingerprint density at radius 2 is 0.669 bits per heavy atom. The number of aliphatic carboxylic acids is 1. The highest BCUT2D eigenvalue weighted by Crippen LogP contribution is 2.33. The van der Waals surface area contributed by atoms with Gasteiger partial charge in [0.05, 0.1) is 41.2 Å². The molecule has 15 nitrogen and oxygen atoms in total. The van der Waals surface area contributed by atoms with Crippen molar-refractivity contribution in [1.29, 1.82) is 0 Å². The quantitative estimate of drug-likeness (QED) is 0.0158. The molecule has 16 heteroatoms. The first-order chi connectivity index (χ1) is 58.8. The maximum atomic E-state index is 12.5. The minimum Gasteiger partial charge on any atom is -0.494 e. The zero-order chi connectivity index (χ0) is 86.8. The van der Waals surface area contributed by atoms with Crippen LogP contribution in [0, 0.1) is 13.8 Å². The summed E-state index contributed by atoms with van der Waals surface area (Å²) >= 11 is 1.53. The Bertz CT molecular complexity index is 4810. The van der Waals surface area contributed by atoms with E-state index in [-0.39, 0.29) is 16.9 Å². The second kappa shape index (κ2) is 55.4. The van der Waals surface area contributed by atoms with Crippen LogP contribution in [0.5, 0.6) is 11.6 Å². The highest BCUT2D eigenvalue weighted by atomic mass is 32.1. The van der Waals surface area contributed by atoms with Gasteiger partial charge in [-0.05, 0) is 187 Å². The number of carboxylic acids is 4. The SMILES string of the molecule is CCCCCCCCOc1ccc(-c2ccc(C(=O)O)cc2)cc1.CCCCCCCCc1ccc(-c2ccc(C(=O)C(=O)O)cc2)cc1.CCCCCCCCc1ccc(-c2ccc(C(=O)Cc3ccc(C)cn3)cc2)cc1.CCCCOCCOc1nc(-c2ccc(C(=O)O)cc2)sc1C.CCCCc1ccc(-c2ccc(C(=O)O)cc2)cc1. The molecule has 0 atom stereocenters. The number of carbonyl (C=O) groups is 6. The molecule has 0 bridgehead atoms. The third-order valence-corrected chi connectivity index (χ3v) is 21.6. The molecule has 4 N–H and O–H groups in total. The fraction of sp³-hybridized carbons (Fsp3) is 0.352. The van der Waals surface area contributed by atoms with Crippen molar-refractivity contribution >= 4 is 46.8 Å². The van der Waals surface area contributed by atoms with E-state index in [2.05, 4.69) is 117 Å². The Hall–Kier alpha value is -11.5. The normalized spacial score (nSPS) is 10.6. The van der Waals surface area contributed by atoms with Gasteiger partial charge in [-0.2, -0.15) is 0 Å². The van der Waals surface area contributed by atoms with Crippen LogP contribution in [0.4, 0.5) is 0 Å². The van der Waals surface area contributed by atoms with Gasteiger partial charge in [0.2, 0.25) is 5.88 Å². The summed E-state index contributed by atoms with van der Waals surface area (Å²) in [7, 11) is 0. The number of rotatable bonds is 45. The lowest BCUT2D eigenvalue weighted by atomic mass is 9.98. The molecule has 638 valence electrons. The van der Waals surface area contributed by atoms with E-state index >= 15 is 0 Å². The van der Waals surface area contributed by atoms with E-state index < -0.39 is 29.7 Å². The van der Waals surface area contributed by atoms with Crippen LogP contribution >= 0.6 is 11.3 Å². The van der Waals surface area contributed by atoms with Crippen molar-refractivity contribution in [2.45, 2.75) is 215 Å². The summed E-state index contributed by atoms with van der Waals surface area (Å²) in [4.78, 5) is 77.0. The third kappa shape index (κ3) is 35.8. The number of carboxylic acid groups (broad SMARTS) is 4. The smallest absolute Gasteiger partial charge is 0.377 e. The maximum Gasteiger partial charge on any atom is 0.377 e. The molecule has 0 aliphatic heterocycles. The summed E-state index contributed by atoms with van der Waals surface area (Å²) in [5, 5.41) is 36.3. The maximum absolute atomic E-state index is 12.5. The van der Waals surface area contributed by atoms with Crippen LogP contribution in [0.15, 0.2) is 237 Å². The molecule has 0 radical (unpaired) electrons. The first-order valence-corrected chi connectivity index (χ1v) is 44.2. The first kappa shape index (κ1) is 96.7. The molecule has 0 amide bonds. The Kier molecular flexibility index (Phi) is 44.3. The minimum absolute atomic E-state index is 0.104. The summed E-state index contributed by atoms with van der Waals surface area (Å²) < 4.78 is 16.9. The molecule has 11 aromatic rings. The van der Waals surface area contributed by atoms with E-state index in [0.717, 1.165) is 129 Å². The van der Waals surface area contributed by atoms with Crippen LogP contribution in [-0.2, 0) is 35.2 Å². The highest BCUT2D eigenvalue weighted by Gasteiger charge is 2.16. The number of benzene rings is 9. The van der Waals surface area contributed by atoms with Crippen molar-refractivity contribution in [1.82, 2.24) is 9.97 Å². The average molecular weight is 1650 g/mol. The number of hydrogen-bond acceptors (Lipinski definition) is 12. The average Bonchev–Trinajstić information content (AvgIpc) is 1.75. The highest BCUT2D eigenvalue weighted by molar-refractivity contribution is 7.15. The molecule has 0 unspecified atom stereocenters. The number of unbranched alkanes of at least 4 members (excludes halogenated alkanes) is 17. The number of Topliss-reactive ketones (excluding diaryl/α,β-unsaturated/α-hetero) is 2. The van der Waals surface area contributed by atoms with E-state index in [1.165, 1.54) is 156 Å². The van der Waals surface area contributed by atoms with Crippen LogP contribution in [0.3, 0.4) is 0 Å². The number of thiazole rings is 1. The van der Waals surface area contributed by atoms with E-state index in [1.54, 1.807) is 72.8 Å². The number of nitrogens with zero attached hydrogens (tertiary/aromatic N) is 2. The molecular formula is C105H124N2O13S. The van der Waals surface area contributed by atoms with Crippen LogP contribution in [0.1, 0.15) is 260 Å². The molecule has 2 aromatic heterocycles. The van der Waals surface area contributed by atoms with Crippen LogP contribution in [0.25, 0.3) is 55.1 Å². The van der Waals surface area contributed by atoms with Gasteiger partial charge in [-0.1, -0.05) is 320 Å². The van der Waals surface area contributed by atoms with Gasteiger partial charge in [0, 0.05) is 35.2 Å². The Labute approximate surface area is 721 Å². The van der Waals surface area contributed by atoms with Crippen molar-refractivity contribution in [2.24, 2.45) is 0 Å². The van der Waals surface area contributed by atoms with Crippen LogP contribution < -0.4 is 9.47 Å². The predicted octanol–water partition coefficient (Wildman–Crippen LogP) is 27.1. The van der Waals surface area contributed by atoms with Gasteiger partial charge in [0.15, 0.2) is 5.78 Å². The second-order valence-electron chi connectivity index (χ2n) is 30.4. The standard InChI is InChI=1S/C28H33NO.C22H26O3.C21H26O3.C17H21NO4S.C17H18O2/c1-3-4-5-6-7-8-9-23-11-13-24(14-12-23)25-15-17-26(18-16-25)28(30)20-27-19-10-22(2)21-29-27;1-2-3-4-5-6-7-8-17-9-11-18(12-10-17)19-13-15-20(16-14-19)21(23)22(24)25;1-2-3-4-5-6-7-16-24-20-14-12-18(13-15-20)17-8-10-19(11-9-17)21(22)23;1-3-4-9-21-10-11-22-15-12(2)23-16(18-15)13-5-7-14(8-6-13)17(19)20;1-2-3-4-13-5-7-14(8-6-13)15-9-11-16(12-10-15)17(18)19/h10-19,21H,3-9,20H2,1-2H3;9-16H,2-8H2,1H3,(H,24,25);8-15H,2-7,16H2,1H3,(H,22,23);5-8H,3-4,9-11H2,1-2H3,(H,19,20);5-12H,2-4H2,1H3,(H,18,19). The van der Waals surface area contributed by atoms with E-state index in [9.17, 15) is 28.8 Å². The monoisotopic (exact) mass is 1650 g/mol. The van der Waals surface area contributed by atoms with Crippen molar-refractivity contribution in [3.63, 3.8) is 0 Å². The molecular weight excluding hydrogens is 1530 g/mol. The van der Waals surface area contributed by atoms with Gasteiger partial charge in [-0.3, -0.25) is 14.6 Å². The zero-order valence-corrected chi connectivity index (χ0v) is 72.8. The number of aryl methyl sites for hydroxylation is 5. The van der Waals surface area contributed by atoms with Gasteiger partial charge in [0.25, 0.3) is 5.78 Å². The van der Waals surface area contributed by atoms with E-state index in [1.807, 2.05) is 105 Å². The van der Waals surface area contributed by atoms with Gasteiger partial charge in [-0.25, -0.2) is 24.2 Å². The lowest BCUT2D eigenvalue weighted by molar-refractivity contribution is -0.131. The minimum atomic E-state index is -1.42. The van der Waals surface area contributed by atoms with Gasteiger partial charge in [0.1, 0.15) is 17.4 Å². The fourth-order valence-corrected chi connectivity index (χ4v) is 14.1. The third-order valence-electron chi connectivity index (χ3n) is 20.6. The molecule has 0 spiro atoms. The Balaban J connectivity index is 0.000000210. The van der Waals surface area contributed by atoms with Gasteiger partial charge in [-0.15, -0.1) is 11.3 Å². The predicted molar refractivity (Wildman–Crippen MR) is 493 cm³/mol. The van der Waals surface area contributed by atoms with Crippen molar-refractivity contribution in [3.05, 3.63) is 297 Å². The van der Waals surface area contributed by atoms with Crippen LogP contribution in [-0.4, -0.2) is 92.3 Å². The van der Waals surface area contributed by atoms with E-state index in [4.69, 9.17) is 34.6 Å². The summed E-state index contributed by atoms with van der Waals surface area (Å²) in [5.41, 5.74) is 17.4. The molecule has 121 heavy (non-hydrogen) atoms. The molecule has 0 saturated carbocycles. The molecule has 0 fully saturated rings. The molecule has 11 rings (SSSR count). The molecule has 0 aliphatic rings. The lowest BCUT2D eigenvalue weighted by Gasteiger charge is -2.08. The van der Waals surface area contributed by atoms with Crippen molar-refractivity contribution < 1.29 is 63.4 Å². The Morgan fingerprint density at radius 3 is 1.05 bits per heavy atom. The topological polar surface area (TPSA) is 237 Å².